The molecule has 0 saturated carbocycles. The average molecular weight is 338 g/mol. The van der Waals surface area contributed by atoms with Crippen LogP contribution in [0.5, 0.6) is 5.75 Å². The summed E-state index contributed by atoms with van der Waals surface area (Å²) in [6.45, 7) is 5.72. The molecule has 5 nitrogen and oxygen atoms in total. The molecule has 2 rings (SSSR count). The van der Waals surface area contributed by atoms with E-state index in [9.17, 15) is 0 Å². The molecule has 1 heterocycles. The van der Waals surface area contributed by atoms with Crippen molar-refractivity contribution < 1.29 is 14.2 Å². The van der Waals surface area contributed by atoms with Gasteiger partial charge in [-0.25, -0.2) is 0 Å². The Bertz CT molecular complexity index is 461. The summed E-state index contributed by atoms with van der Waals surface area (Å²) in [6, 6.07) is 7.74. The van der Waals surface area contributed by atoms with Gasteiger partial charge < -0.3 is 24.8 Å². The normalized spacial score (nSPS) is 17.0. The number of benzene rings is 1. The monoisotopic (exact) mass is 338 g/mol. The van der Waals surface area contributed by atoms with Crippen molar-refractivity contribution in [2.45, 2.75) is 32.3 Å². The van der Waals surface area contributed by atoms with Gasteiger partial charge in [-0.3, -0.25) is 0 Å². The first-order valence-corrected chi connectivity index (χ1v) is 8.66. The van der Waals surface area contributed by atoms with E-state index in [1.807, 2.05) is 31.2 Å². The van der Waals surface area contributed by atoms with Gasteiger partial charge in [-0.1, -0.05) is 0 Å². The lowest BCUT2D eigenvalue weighted by Crippen LogP contribution is -2.30. The predicted molar refractivity (Wildman–Crippen MR) is 96.2 cm³/mol. The second-order valence-electron chi connectivity index (χ2n) is 5.40. The Morgan fingerprint density at radius 3 is 2.87 bits per heavy atom. The van der Waals surface area contributed by atoms with E-state index in [2.05, 4.69) is 10.6 Å². The van der Waals surface area contributed by atoms with Crippen LogP contribution in [-0.4, -0.2) is 44.2 Å². The number of nitrogens with one attached hydrogen (secondary N) is 2. The molecule has 1 aliphatic heterocycles. The summed E-state index contributed by atoms with van der Waals surface area (Å²) in [4.78, 5) is 0. The third kappa shape index (κ3) is 7.16. The Morgan fingerprint density at radius 1 is 1.35 bits per heavy atom. The van der Waals surface area contributed by atoms with E-state index < -0.39 is 0 Å². The van der Waals surface area contributed by atoms with E-state index in [1.165, 1.54) is 0 Å². The molecule has 0 radical (unpaired) electrons. The summed E-state index contributed by atoms with van der Waals surface area (Å²) < 4.78 is 16.5. The molecule has 128 valence electrons. The van der Waals surface area contributed by atoms with Crippen LogP contribution in [0.1, 0.15) is 26.2 Å². The molecule has 0 aliphatic carbocycles. The van der Waals surface area contributed by atoms with Crippen molar-refractivity contribution in [1.29, 1.82) is 0 Å². The molecule has 1 aliphatic rings. The van der Waals surface area contributed by atoms with Gasteiger partial charge in [0.1, 0.15) is 5.75 Å². The summed E-state index contributed by atoms with van der Waals surface area (Å²) >= 11 is 5.27. The highest BCUT2D eigenvalue weighted by atomic mass is 32.1. The molecule has 6 heteroatoms. The summed E-state index contributed by atoms with van der Waals surface area (Å²) in [5, 5.41) is 6.95. The minimum Gasteiger partial charge on any atom is -0.494 e. The second kappa shape index (κ2) is 10.4. The molecular formula is C17H26N2O3S. The molecule has 0 spiro atoms. The molecule has 1 atom stereocenters. The zero-order valence-electron chi connectivity index (χ0n) is 13.7. The quantitative estimate of drug-likeness (QED) is 0.533. The number of hydrogen-bond donors (Lipinski definition) is 2. The fourth-order valence-corrected chi connectivity index (χ4v) is 2.56. The van der Waals surface area contributed by atoms with Crippen LogP contribution in [0.3, 0.4) is 0 Å². The third-order valence-corrected chi connectivity index (χ3v) is 3.75. The van der Waals surface area contributed by atoms with Gasteiger partial charge in [0, 0.05) is 25.4 Å². The summed E-state index contributed by atoms with van der Waals surface area (Å²) in [6.07, 6.45) is 3.48. The van der Waals surface area contributed by atoms with Crippen molar-refractivity contribution >= 4 is 23.0 Å². The largest absolute Gasteiger partial charge is 0.494 e. The van der Waals surface area contributed by atoms with Gasteiger partial charge in [-0.2, -0.15) is 0 Å². The third-order valence-electron chi connectivity index (χ3n) is 3.50. The van der Waals surface area contributed by atoms with Crippen molar-refractivity contribution in [3.8, 4) is 5.75 Å². The highest BCUT2D eigenvalue weighted by Crippen LogP contribution is 2.15. The van der Waals surface area contributed by atoms with E-state index in [0.717, 1.165) is 50.5 Å². The maximum Gasteiger partial charge on any atom is 0.170 e. The SMILES string of the molecule is CCOc1ccc(NC(=S)NCCCOC[C@H]2CCCO2)cc1. The van der Waals surface area contributed by atoms with E-state index in [1.54, 1.807) is 0 Å². The molecule has 23 heavy (non-hydrogen) atoms. The van der Waals surface area contributed by atoms with Crippen LogP contribution in [0.15, 0.2) is 24.3 Å². The predicted octanol–water partition coefficient (Wildman–Crippen LogP) is 2.96. The smallest absolute Gasteiger partial charge is 0.170 e. The average Bonchev–Trinajstić information content (AvgIpc) is 3.06. The summed E-state index contributed by atoms with van der Waals surface area (Å²) in [5.74, 6) is 0.861. The molecule has 1 saturated heterocycles. The lowest BCUT2D eigenvalue weighted by Gasteiger charge is -2.12. The zero-order chi connectivity index (χ0) is 16.3. The highest BCUT2D eigenvalue weighted by molar-refractivity contribution is 7.80. The van der Waals surface area contributed by atoms with Crippen molar-refractivity contribution in [1.82, 2.24) is 5.32 Å². The number of ether oxygens (including phenoxy) is 3. The van der Waals surface area contributed by atoms with Crippen LogP contribution in [0, 0.1) is 0 Å². The van der Waals surface area contributed by atoms with Crippen molar-refractivity contribution in [3.63, 3.8) is 0 Å². The first-order valence-electron chi connectivity index (χ1n) is 8.25. The fraction of sp³-hybridized carbons (Fsp3) is 0.588. The Labute approximate surface area is 143 Å². The van der Waals surface area contributed by atoms with Crippen molar-refractivity contribution in [2.24, 2.45) is 0 Å². The highest BCUT2D eigenvalue weighted by Gasteiger charge is 2.14. The number of rotatable bonds is 9. The first kappa shape index (κ1) is 18.0. The van der Waals surface area contributed by atoms with E-state index in [0.29, 0.717) is 24.4 Å². The van der Waals surface area contributed by atoms with Gasteiger partial charge in [-0.05, 0) is 62.7 Å². The Hall–Kier alpha value is -1.37. The Kier molecular flexibility index (Phi) is 8.14. The van der Waals surface area contributed by atoms with Crippen LogP contribution in [0.25, 0.3) is 0 Å². The molecule has 0 unspecified atom stereocenters. The van der Waals surface area contributed by atoms with Gasteiger partial charge in [0.15, 0.2) is 5.11 Å². The lowest BCUT2D eigenvalue weighted by molar-refractivity contribution is 0.0168. The van der Waals surface area contributed by atoms with Crippen LogP contribution in [0.4, 0.5) is 5.69 Å². The minimum absolute atomic E-state index is 0.297. The van der Waals surface area contributed by atoms with Crippen LogP contribution in [-0.2, 0) is 9.47 Å². The van der Waals surface area contributed by atoms with Crippen LogP contribution >= 0.6 is 12.2 Å². The Balaban J connectivity index is 1.52. The molecule has 0 aromatic heterocycles. The zero-order valence-corrected chi connectivity index (χ0v) is 14.5. The maximum atomic E-state index is 5.61. The number of thiocarbonyl (C=S) groups is 1. The second-order valence-corrected chi connectivity index (χ2v) is 5.81. The van der Waals surface area contributed by atoms with Gasteiger partial charge >= 0.3 is 0 Å². The van der Waals surface area contributed by atoms with Gasteiger partial charge in [0.05, 0.1) is 19.3 Å². The number of anilines is 1. The first-order chi connectivity index (χ1) is 11.3. The number of hydrogen-bond acceptors (Lipinski definition) is 4. The van der Waals surface area contributed by atoms with Crippen molar-refractivity contribution in [2.75, 3.05) is 38.3 Å². The van der Waals surface area contributed by atoms with Gasteiger partial charge in [-0.15, -0.1) is 0 Å². The summed E-state index contributed by atoms with van der Waals surface area (Å²) in [7, 11) is 0. The maximum absolute atomic E-state index is 5.61. The van der Waals surface area contributed by atoms with E-state index in [-0.39, 0.29) is 0 Å². The molecule has 1 aromatic carbocycles. The molecular weight excluding hydrogens is 312 g/mol. The molecule has 2 N–H and O–H groups in total. The van der Waals surface area contributed by atoms with E-state index >= 15 is 0 Å². The topological polar surface area (TPSA) is 51.8 Å². The van der Waals surface area contributed by atoms with Gasteiger partial charge in [0.2, 0.25) is 0 Å². The van der Waals surface area contributed by atoms with E-state index in [4.69, 9.17) is 26.4 Å². The molecule has 1 fully saturated rings. The van der Waals surface area contributed by atoms with Gasteiger partial charge in [0.25, 0.3) is 0 Å². The minimum atomic E-state index is 0.297. The van der Waals surface area contributed by atoms with Crippen LogP contribution in [0.2, 0.25) is 0 Å². The van der Waals surface area contributed by atoms with Crippen molar-refractivity contribution in [3.05, 3.63) is 24.3 Å². The summed E-state index contributed by atoms with van der Waals surface area (Å²) in [5.41, 5.74) is 0.945. The lowest BCUT2D eigenvalue weighted by atomic mass is 10.2. The molecule has 1 aromatic rings. The Morgan fingerprint density at radius 2 is 2.17 bits per heavy atom. The standard InChI is InChI=1S/C17H26N2O3S/c1-2-21-15-8-6-14(7-9-15)19-17(23)18-10-4-11-20-13-16-5-3-12-22-16/h6-9,16H,2-5,10-13H2,1H3,(H2,18,19,23)/t16-/m1/s1. The van der Waals surface area contributed by atoms with Crippen LogP contribution < -0.4 is 15.4 Å². The molecule has 0 amide bonds. The fourth-order valence-electron chi connectivity index (χ4n) is 2.34. The molecule has 0 bridgehead atoms.